The van der Waals surface area contributed by atoms with Crippen LogP contribution in [0.25, 0.3) is 22.9 Å². The van der Waals surface area contributed by atoms with Gasteiger partial charge in [0.05, 0.1) is 5.69 Å². The third-order valence-electron chi connectivity index (χ3n) is 3.89. The molecule has 4 aromatic rings. The minimum atomic E-state index is -0.235. The van der Waals surface area contributed by atoms with Crippen molar-refractivity contribution >= 4 is 28.8 Å². The first-order chi connectivity index (χ1) is 12.7. The molecule has 0 spiro atoms. The van der Waals surface area contributed by atoms with Crippen LogP contribution in [0.2, 0.25) is 5.02 Å². The fourth-order valence-corrected chi connectivity index (χ4v) is 2.81. The second kappa shape index (κ2) is 6.93. The van der Waals surface area contributed by atoms with Crippen LogP contribution in [-0.2, 0) is 6.54 Å². The molecule has 0 aliphatic rings. The molecule has 0 atom stereocenters. The van der Waals surface area contributed by atoms with Gasteiger partial charge in [-0.2, -0.15) is 4.68 Å². The molecule has 0 radical (unpaired) electrons. The highest BCUT2D eigenvalue weighted by molar-refractivity contribution is 6.30. The highest BCUT2D eigenvalue weighted by Gasteiger charge is 2.13. The monoisotopic (exact) mass is 363 g/mol. The average molecular weight is 364 g/mol. The smallest absolute Gasteiger partial charge is 0.283 e. The van der Waals surface area contributed by atoms with E-state index in [1.54, 1.807) is 18.2 Å². The van der Waals surface area contributed by atoms with Crippen LogP contribution in [0.15, 0.2) is 71.8 Å². The van der Waals surface area contributed by atoms with Crippen molar-refractivity contribution in [3.63, 3.8) is 0 Å². The first-order valence-electron chi connectivity index (χ1n) is 8.01. The van der Waals surface area contributed by atoms with Gasteiger partial charge in [-0.15, -0.1) is 5.10 Å². The number of halogens is 1. The van der Waals surface area contributed by atoms with Gasteiger partial charge in [-0.25, -0.2) is 4.98 Å². The van der Waals surface area contributed by atoms with Crippen molar-refractivity contribution in [3.8, 4) is 5.69 Å². The number of benzene rings is 2. The van der Waals surface area contributed by atoms with Crippen LogP contribution in [0.3, 0.4) is 0 Å². The molecule has 2 heterocycles. The number of hydrogen-bond acceptors (Lipinski definition) is 4. The lowest BCUT2D eigenvalue weighted by molar-refractivity contribution is 0.765. The number of aromatic nitrogens is 5. The minimum Gasteiger partial charge on any atom is -0.293 e. The SMILES string of the molecule is O=c1c2nnn(-c3cccc(Cl)c3)c2ncn1C/C=C/c1ccccc1. The van der Waals surface area contributed by atoms with E-state index in [0.29, 0.717) is 22.9 Å². The first-order valence-corrected chi connectivity index (χ1v) is 8.38. The van der Waals surface area contributed by atoms with Crippen LogP contribution in [0.5, 0.6) is 0 Å². The standard InChI is InChI=1S/C19H14ClN5O/c20-15-9-4-10-16(12-15)25-18-17(22-23-25)19(26)24(13-21-18)11-5-8-14-6-2-1-3-7-14/h1-10,12-13H,11H2/b8-5+. The second-order valence-corrected chi connectivity index (χ2v) is 6.10. The Morgan fingerprint density at radius 2 is 1.92 bits per heavy atom. The lowest BCUT2D eigenvalue weighted by Crippen LogP contribution is -2.20. The predicted molar refractivity (Wildman–Crippen MR) is 101 cm³/mol. The Kier molecular flexibility index (Phi) is 4.33. The molecule has 0 unspecified atom stereocenters. The summed E-state index contributed by atoms with van der Waals surface area (Å²) in [5.74, 6) is 0. The molecule has 7 heteroatoms. The Labute approximate surface area is 154 Å². The molecule has 0 saturated carbocycles. The van der Waals surface area contributed by atoms with Crippen molar-refractivity contribution in [2.45, 2.75) is 6.54 Å². The summed E-state index contributed by atoms with van der Waals surface area (Å²) in [6.45, 7) is 0.403. The molecule has 6 nitrogen and oxygen atoms in total. The molecule has 0 saturated heterocycles. The van der Waals surface area contributed by atoms with Crippen molar-refractivity contribution in [3.05, 3.63) is 87.9 Å². The van der Waals surface area contributed by atoms with Crippen LogP contribution >= 0.6 is 11.6 Å². The zero-order valence-corrected chi connectivity index (χ0v) is 14.4. The molecule has 2 aromatic heterocycles. The molecular formula is C19H14ClN5O. The van der Waals surface area contributed by atoms with Gasteiger partial charge in [0.1, 0.15) is 6.33 Å². The quantitative estimate of drug-likeness (QED) is 0.557. The van der Waals surface area contributed by atoms with Crippen LogP contribution < -0.4 is 5.56 Å². The predicted octanol–water partition coefficient (Wildman–Crippen LogP) is 3.34. The van der Waals surface area contributed by atoms with E-state index in [4.69, 9.17) is 11.6 Å². The van der Waals surface area contributed by atoms with E-state index in [0.717, 1.165) is 5.56 Å². The summed E-state index contributed by atoms with van der Waals surface area (Å²) in [5, 5.41) is 8.63. The zero-order valence-electron chi connectivity index (χ0n) is 13.7. The van der Waals surface area contributed by atoms with E-state index in [-0.39, 0.29) is 11.1 Å². The third kappa shape index (κ3) is 3.14. The van der Waals surface area contributed by atoms with E-state index in [1.165, 1.54) is 15.6 Å². The fraction of sp³-hybridized carbons (Fsp3) is 0.0526. The van der Waals surface area contributed by atoms with Crippen LogP contribution in [0, 0.1) is 0 Å². The van der Waals surface area contributed by atoms with Gasteiger partial charge in [0, 0.05) is 11.6 Å². The summed E-state index contributed by atoms with van der Waals surface area (Å²) >= 11 is 6.02. The molecule has 0 fully saturated rings. The Bertz CT molecular complexity index is 1150. The maximum Gasteiger partial charge on any atom is 0.283 e. The van der Waals surface area contributed by atoms with Gasteiger partial charge >= 0.3 is 0 Å². The molecule has 0 bridgehead atoms. The molecule has 128 valence electrons. The zero-order chi connectivity index (χ0) is 17.9. The molecular weight excluding hydrogens is 350 g/mol. The summed E-state index contributed by atoms with van der Waals surface area (Å²) in [6.07, 6.45) is 5.37. The van der Waals surface area contributed by atoms with Crippen LogP contribution in [-0.4, -0.2) is 24.5 Å². The van der Waals surface area contributed by atoms with E-state index in [9.17, 15) is 4.79 Å². The first kappa shape index (κ1) is 16.2. The maximum atomic E-state index is 12.6. The molecule has 0 N–H and O–H groups in total. The molecule has 0 amide bonds. The molecule has 0 aliphatic carbocycles. The lowest BCUT2D eigenvalue weighted by Gasteiger charge is -2.03. The van der Waals surface area contributed by atoms with Gasteiger partial charge in [-0.3, -0.25) is 9.36 Å². The van der Waals surface area contributed by atoms with Crippen LogP contribution in [0.1, 0.15) is 5.56 Å². The van der Waals surface area contributed by atoms with Crippen LogP contribution in [0.4, 0.5) is 0 Å². The third-order valence-corrected chi connectivity index (χ3v) is 4.13. The Balaban J connectivity index is 1.66. The topological polar surface area (TPSA) is 65.6 Å². The number of allylic oxidation sites excluding steroid dienone is 1. The highest BCUT2D eigenvalue weighted by atomic mass is 35.5. The van der Waals surface area contributed by atoms with Gasteiger partial charge in [0.2, 0.25) is 0 Å². The number of fused-ring (bicyclic) bond motifs is 1. The average Bonchev–Trinajstić information content (AvgIpc) is 3.09. The molecule has 26 heavy (non-hydrogen) atoms. The van der Waals surface area contributed by atoms with Gasteiger partial charge in [-0.1, -0.05) is 65.4 Å². The van der Waals surface area contributed by atoms with Gasteiger partial charge in [0.25, 0.3) is 5.56 Å². The summed E-state index contributed by atoms with van der Waals surface area (Å²) in [4.78, 5) is 17.0. The van der Waals surface area contributed by atoms with Crippen molar-refractivity contribution in [1.29, 1.82) is 0 Å². The van der Waals surface area contributed by atoms with E-state index >= 15 is 0 Å². The summed E-state index contributed by atoms with van der Waals surface area (Å²) < 4.78 is 3.01. The summed E-state index contributed by atoms with van der Waals surface area (Å²) in [5.41, 5.74) is 2.16. The van der Waals surface area contributed by atoms with Gasteiger partial charge in [0.15, 0.2) is 11.2 Å². The number of rotatable bonds is 4. The second-order valence-electron chi connectivity index (χ2n) is 5.67. The van der Waals surface area contributed by atoms with E-state index in [1.807, 2.05) is 48.6 Å². The van der Waals surface area contributed by atoms with Gasteiger partial charge < -0.3 is 0 Å². The Hall–Kier alpha value is -3.25. The van der Waals surface area contributed by atoms with Gasteiger partial charge in [-0.05, 0) is 23.8 Å². The number of nitrogens with zero attached hydrogens (tertiary/aromatic N) is 5. The maximum absolute atomic E-state index is 12.6. The fourth-order valence-electron chi connectivity index (χ4n) is 2.62. The normalized spacial score (nSPS) is 11.4. The van der Waals surface area contributed by atoms with Crippen molar-refractivity contribution < 1.29 is 0 Å². The summed E-state index contributed by atoms with van der Waals surface area (Å²) in [6, 6.07) is 17.0. The molecule has 0 aliphatic heterocycles. The largest absolute Gasteiger partial charge is 0.293 e. The van der Waals surface area contributed by atoms with E-state index < -0.39 is 0 Å². The molecule has 2 aromatic carbocycles. The minimum absolute atomic E-state index is 0.223. The van der Waals surface area contributed by atoms with Crippen molar-refractivity contribution in [2.24, 2.45) is 0 Å². The van der Waals surface area contributed by atoms with E-state index in [2.05, 4.69) is 15.3 Å². The summed E-state index contributed by atoms with van der Waals surface area (Å²) in [7, 11) is 0. The van der Waals surface area contributed by atoms with Crippen molar-refractivity contribution in [1.82, 2.24) is 24.5 Å². The highest BCUT2D eigenvalue weighted by Crippen LogP contribution is 2.16. The number of hydrogen-bond donors (Lipinski definition) is 0. The molecule has 4 rings (SSSR count). The Morgan fingerprint density at radius 1 is 1.08 bits per heavy atom. The van der Waals surface area contributed by atoms with Crippen molar-refractivity contribution in [2.75, 3.05) is 0 Å². The Morgan fingerprint density at radius 3 is 2.73 bits per heavy atom. The lowest BCUT2D eigenvalue weighted by atomic mass is 10.2.